The molecule has 0 aromatic carbocycles. The number of carboxylic acids is 1. The van der Waals surface area contributed by atoms with Gasteiger partial charge in [0.15, 0.2) is 0 Å². The quantitative estimate of drug-likeness (QED) is 0.555. The molecule has 0 aliphatic carbocycles. The number of aliphatic hydroxyl groups is 1. The molecule has 6 nitrogen and oxygen atoms in total. The van der Waals surface area contributed by atoms with Crippen molar-refractivity contribution >= 4 is 5.97 Å². The van der Waals surface area contributed by atoms with Gasteiger partial charge in [-0.2, -0.15) is 0 Å². The summed E-state index contributed by atoms with van der Waals surface area (Å²) in [6, 6.07) is -0.909. The van der Waals surface area contributed by atoms with Crippen LogP contribution in [-0.2, 0) is 9.53 Å². The van der Waals surface area contributed by atoms with Gasteiger partial charge >= 0.3 is 5.97 Å². The fourth-order valence-electron chi connectivity index (χ4n) is 1.89. The van der Waals surface area contributed by atoms with Gasteiger partial charge in [0.2, 0.25) is 0 Å². The lowest BCUT2D eigenvalue weighted by Crippen LogP contribution is -2.49. The Balaban J connectivity index is 2.37. The molecule has 0 spiro atoms. The van der Waals surface area contributed by atoms with Gasteiger partial charge in [0.1, 0.15) is 6.04 Å². The van der Waals surface area contributed by atoms with Crippen molar-refractivity contribution in [3.05, 3.63) is 0 Å². The van der Waals surface area contributed by atoms with E-state index in [2.05, 4.69) is 0 Å². The van der Waals surface area contributed by atoms with Gasteiger partial charge in [0.25, 0.3) is 0 Å². The van der Waals surface area contributed by atoms with Crippen molar-refractivity contribution < 1.29 is 19.7 Å². The molecule has 1 aliphatic heterocycles. The summed E-state index contributed by atoms with van der Waals surface area (Å²) in [4.78, 5) is 12.3. The minimum Gasteiger partial charge on any atom is -0.480 e. The van der Waals surface area contributed by atoms with Gasteiger partial charge in [-0.1, -0.05) is 0 Å². The summed E-state index contributed by atoms with van der Waals surface area (Å²) in [6.45, 7) is 1.76. The Bertz CT molecular complexity index is 241. The summed E-state index contributed by atoms with van der Waals surface area (Å²) < 4.78 is 5.17. The van der Waals surface area contributed by atoms with Crippen LogP contribution in [0, 0.1) is 0 Å². The van der Waals surface area contributed by atoms with E-state index >= 15 is 0 Å². The molecular formula is C10H20N2O4. The average molecular weight is 232 g/mol. The maximum Gasteiger partial charge on any atom is 0.321 e. The van der Waals surface area contributed by atoms with Crippen molar-refractivity contribution in [2.24, 2.45) is 5.73 Å². The van der Waals surface area contributed by atoms with E-state index in [-0.39, 0.29) is 6.54 Å². The SMILES string of the molecule is CN(CC(N)C(=O)O)CC1(O)CCOCC1. The van der Waals surface area contributed by atoms with Crippen molar-refractivity contribution in [3.63, 3.8) is 0 Å². The predicted octanol–water partition coefficient (Wildman–Crippen LogP) is -1.13. The smallest absolute Gasteiger partial charge is 0.321 e. The highest BCUT2D eigenvalue weighted by molar-refractivity contribution is 5.73. The normalized spacial score (nSPS) is 22.0. The molecule has 1 rings (SSSR count). The van der Waals surface area contributed by atoms with E-state index in [1.165, 1.54) is 0 Å². The Labute approximate surface area is 95.0 Å². The van der Waals surface area contributed by atoms with Crippen LogP contribution in [0.3, 0.4) is 0 Å². The lowest BCUT2D eigenvalue weighted by molar-refractivity contribution is -0.139. The first-order valence-corrected chi connectivity index (χ1v) is 5.40. The number of likely N-dealkylation sites (N-methyl/N-ethyl adjacent to an activating group) is 1. The van der Waals surface area contributed by atoms with Gasteiger partial charge in [-0.15, -0.1) is 0 Å². The first kappa shape index (κ1) is 13.4. The van der Waals surface area contributed by atoms with Crippen LogP contribution in [0.5, 0.6) is 0 Å². The van der Waals surface area contributed by atoms with Gasteiger partial charge in [-0.25, -0.2) is 0 Å². The lowest BCUT2D eigenvalue weighted by Gasteiger charge is -2.35. The number of aliphatic carboxylic acids is 1. The molecule has 1 atom stereocenters. The molecule has 6 heteroatoms. The third-order valence-corrected chi connectivity index (χ3v) is 2.81. The highest BCUT2D eigenvalue weighted by Crippen LogP contribution is 2.21. The van der Waals surface area contributed by atoms with Gasteiger partial charge in [0, 0.05) is 39.1 Å². The first-order chi connectivity index (χ1) is 7.43. The lowest BCUT2D eigenvalue weighted by atomic mass is 9.94. The number of carboxylic acid groups (broad SMARTS) is 1. The van der Waals surface area contributed by atoms with Crippen molar-refractivity contribution in [1.82, 2.24) is 4.90 Å². The molecule has 94 valence electrons. The molecule has 0 radical (unpaired) electrons. The Hall–Kier alpha value is -0.690. The molecule has 1 saturated heterocycles. The number of carbonyl (C=O) groups is 1. The fourth-order valence-corrected chi connectivity index (χ4v) is 1.89. The van der Waals surface area contributed by atoms with Crippen LogP contribution in [-0.4, -0.2) is 66.1 Å². The maximum atomic E-state index is 10.6. The molecule has 1 unspecified atom stereocenters. The molecule has 0 amide bonds. The molecule has 0 aromatic rings. The zero-order chi connectivity index (χ0) is 12.2. The number of hydrogen-bond acceptors (Lipinski definition) is 5. The van der Waals surface area contributed by atoms with Crippen molar-refractivity contribution in [2.45, 2.75) is 24.5 Å². The Kier molecular flexibility index (Phi) is 4.67. The third kappa shape index (κ3) is 4.05. The van der Waals surface area contributed by atoms with Crippen LogP contribution < -0.4 is 5.73 Å². The van der Waals surface area contributed by atoms with E-state index in [1.54, 1.807) is 11.9 Å². The number of nitrogens with two attached hydrogens (primary N) is 1. The van der Waals surface area contributed by atoms with E-state index in [4.69, 9.17) is 15.6 Å². The molecule has 16 heavy (non-hydrogen) atoms. The van der Waals surface area contributed by atoms with Crippen LogP contribution in [0.25, 0.3) is 0 Å². The molecule has 0 aromatic heterocycles. The Morgan fingerprint density at radius 2 is 2.12 bits per heavy atom. The minimum atomic E-state index is -1.02. The maximum absolute atomic E-state index is 10.6. The second-order valence-corrected chi connectivity index (χ2v) is 4.48. The molecule has 1 heterocycles. The topological polar surface area (TPSA) is 96.0 Å². The molecule has 1 fully saturated rings. The summed E-state index contributed by atoms with van der Waals surface area (Å²) in [5.41, 5.74) is 4.65. The van der Waals surface area contributed by atoms with Crippen LogP contribution in [0.2, 0.25) is 0 Å². The van der Waals surface area contributed by atoms with E-state index in [0.717, 1.165) is 0 Å². The average Bonchev–Trinajstić information content (AvgIpc) is 2.17. The van der Waals surface area contributed by atoms with Gasteiger partial charge in [0.05, 0.1) is 5.60 Å². The Morgan fingerprint density at radius 1 is 1.56 bits per heavy atom. The summed E-state index contributed by atoms with van der Waals surface area (Å²) in [6.07, 6.45) is 1.17. The standard InChI is InChI=1S/C10H20N2O4/c1-12(6-8(11)9(13)14)7-10(15)2-4-16-5-3-10/h8,15H,2-7,11H2,1H3,(H,13,14). The number of nitrogens with zero attached hydrogens (tertiary/aromatic N) is 1. The van der Waals surface area contributed by atoms with E-state index in [9.17, 15) is 9.90 Å². The van der Waals surface area contributed by atoms with Gasteiger partial charge in [-0.3, -0.25) is 4.79 Å². The second-order valence-electron chi connectivity index (χ2n) is 4.48. The van der Waals surface area contributed by atoms with Crippen molar-refractivity contribution in [2.75, 3.05) is 33.4 Å². The van der Waals surface area contributed by atoms with Crippen LogP contribution in [0.15, 0.2) is 0 Å². The highest BCUT2D eigenvalue weighted by atomic mass is 16.5. The van der Waals surface area contributed by atoms with Crippen LogP contribution >= 0.6 is 0 Å². The zero-order valence-corrected chi connectivity index (χ0v) is 9.56. The first-order valence-electron chi connectivity index (χ1n) is 5.40. The highest BCUT2D eigenvalue weighted by Gasteiger charge is 2.31. The summed E-state index contributed by atoms with van der Waals surface area (Å²) in [5.74, 6) is -1.02. The van der Waals surface area contributed by atoms with E-state index < -0.39 is 17.6 Å². The Morgan fingerprint density at radius 3 is 2.62 bits per heavy atom. The second kappa shape index (κ2) is 5.58. The minimum absolute atomic E-state index is 0.235. The monoisotopic (exact) mass is 232 g/mol. The third-order valence-electron chi connectivity index (χ3n) is 2.81. The number of ether oxygens (including phenoxy) is 1. The zero-order valence-electron chi connectivity index (χ0n) is 9.56. The van der Waals surface area contributed by atoms with Gasteiger partial charge < -0.3 is 25.6 Å². The summed E-state index contributed by atoms with van der Waals surface area (Å²) in [7, 11) is 1.76. The van der Waals surface area contributed by atoms with Crippen LogP contribution in [0.4, 0.5) is 0 Å². The fraction of sp³-hybridized carbons (Fsp3) is 0.900. The van der Waals surface area contributed by atoms with Crippen molar-refractivity contribution in [1.29, 1.82) is 0 Å². The largest absolute Gasteiger partial charge is 0.480 e. The number of hydrogen-bond donors (Lipinski definition) is 3. The summed E-state index contributed by atoms with van der Waals surface area (Å²) >= 11 is 0. The van der Waals surface area contributed by atoms with Gasteiger partial charge in [-0.05, 0) is 7.05 Å². The molecular weight excluding hydrogens is 212 g/mol. The summed E-state index contributed by atoms with van der Waals surface area (Å²) in [5, 5.41) is 18.9. The molecule has 0 bridgehead atoms. The van der Waals surface area contributed by atoms with Crippen LogP contribution in [0.1, 0.15) is 12.8 Å². The molecule has 4 N–H and O–H groups in total. The van der Waals surface area contributed by atoms with E-state index in [0.29, 0.717) is 32.6 Å². The predicted molar refractivity (Wildman–Crippen MR) is 58.1 cm³/mol. The van der Waals surface area contributed by atoms with Crippen molar-refractivity contribution in [3.8, 4) is 0 Å². The van der Waals surface area contributed by atoms with E-state index in [1.807, 2.05) is 0 Å². The molecule has 1 aliphatic rings. The number of rotatable bonds is 5. The molecule has 0 saturated carbocycles.